The number of benzene rings is 3. The maximum atomic E-state index is 12.6. The molecule has 12 nitrogen and oxygen atoms in total. The number of anilines is 4. The summed E-state index contributed by atoms with van der Waals surface area (Å²) in [6, 6.07) is 22.0. The summed E-state index contributed by atoms with van der Waals surface area (Å²) >= 11 is 0. The van der Waals surface area contributed by atoms with Gasteiger partial charge in [0.25, 0.3) is 0 Å². The monoisotopic (exact) mass is 669 g/mol. The zero-order valence-corrected chi connectivity index (χ0v) is 28.2. The first-order chi connectivity index (χ1) is 24.3. The van der Waals surface area contributed by atoms with Crippen molar-refractivity contribution in [2.24, 2.45) is 0 Å². The van der Waals surface area contributed by atoms with E-state index in [4.69, 9.17) is 14.7 Å². The maximum Gasteiger partial charge on any atom is 0.247 e. The van der Waals surface area contributed by atoms with Crippen molar-refractivity contribution in [2.45, 2.75) is 18.9 Å². The number of nitrogens with one attached hydrogen (secondary N) is 4. The van der Waals surface area contributed by atoms with Gasteiger partial charge in [0.15, 0.2) is 5.82 Å². The standard InChI is InChI=1S/C38H39N9O3/c1-5-33(49)41-28-21-29(32(50-4)22-30(28)47-18-14-26(15-19-47)46(2)3)43-38-40-16-12-27(42-38)35-34(44-37(45-35)36-31(48)13-17-39-36)25-11-10-23-8-6-7-9-24(23)20-25/h5-13,16-17,20-22,26,39,48H,1,14-15,18-19H2,2-4H3,(H,41,49)(H,44,45)(H,40,42,43). The molecule has 0 aliphatic carbocycles. The number of carbonyl (C=O) groups excluding carboxylic acids is 1. The first-order valence-electron chi connectivity index (χ1n) is 16.4. The van der Waals surface area contributed by atoms with Crippen molar-refractivity contribution in [1.82, 2.24) is 29.8 Å². The third-order valence-electron chi connectivity index (χ3n) is 9.14. The van der Waals surface area contributed by atoms with Crippen molar-refractivity contribution in [1.29, 1.82) is 0 Å². The predicted molar refractivity (Wildman–Crippen MR) is 198 cm³/mol. The Labute approximate surface area is 289 Å². The lowest BCUT2D eigenvalue weighted by atomic mass is 10.0. The highest BCUT2D eigenvalue weighted by Gasteiger charge is 2.25. The fourth-order valence-corrected chi connectivity index (χ4v) is 6.46. The second-order valence-corrected chi connectivity index (χ2v) is 12.4. The number of nitrogens with zero attached hydrogens (tertiary/aromatic N) is 5. The highest BCUT2D eigenvalue weighted by atomic mass is 16.5. The molecule has 0 unspecified atom stereocenters. The third kappa shape index (κ3) is 6.48. The van der Waals surface area contributed by atoms with Gasteiger partial charge in [0, 0.05) is 43.2 Å². The molecule has 0 atom stereocenters. The van der Waals surface area contributed by atoms with Gasteiger partial charge in [-0.1, -0.05) is 43.0 Å². The van der Waals surface area contributed by atoms with Crippen LogP contribution in [0.3, 0.4) is 0 Å². The lowest BCUT2D eigenvalue weighted by Crippen LogP contribution is -2.42. The van der Waals surface area contributed by atoms with E-state index < -0.39 is 0 Å². The molecule has 3 aromatic carbocycles. The molecule has 6 aromatic rings. The molecule has 4 heterocycles. The largest absolute Gasteiger partial charge is 0.506 e. The number of carbonyl (C=O) groups is 1. The number of hydrogen-bond acceptors (Lipinski definition) is 9. The van der Waals surface area contributed by atoms with E-state index in [-0.39, 0.29) is 11.7 Å². The van der Waals surface area contributed by atoms with Crippen LogP contribution in [0.5, 0.6) is 11.5 Å². The van der Waals surface area contributed by atoms with Crippen molar-refractivity contribution < 1.29 is 14.6 Å². The van der Waals surface area contributed by atoms with Gasteiger partial charge in [0.05, 0.1) is 41.3 Å². The molecule has 7 rings (SSSR count). The Hall–Kier alpha value is -6.14. The molecule has 12 heteroatoms. The summed E-state index contributed by atoms with van der Waals surface area (Å²) in [7, 11) is 5.83. The molecule has 1 aliphatic rings. The number of methoxy groups -OCH3 is 1. The number of ether oxygens (including phenoxy) is 1. The second-order valence-electron chi connectivity index (χ2n) is 12.4. The predicted octanol–water partition coefficient (Wildman–Crippen LogP) is 6.79. The summed E-state index contributed by atoms with van der Waals surface area (Å²) in [5.41, 5.74) is 5.32. The van der Waals surface area contributed by atoms with Crippen LogP contribution in [0.25, 0.3) is 44.9 Å². The topological polar surface area (TPSA) is 147 Å². The van der Waals surface area contributed by atoms with Crippen LogP contribution in [0.15, 0.2) is 91.8 Å². The van der Waals surface area contributed by atoms with Crippen LogP contribution in [-0.2, 0) is 4.79 Å². The Bertz CT molecular complexity index is 2180. The molecular weight excluding hydrogens is 630 g/mol. The number of hydrogen-bond donors (Lipinski definition) is 5. The Morgan fingerprint density at radius 3 is 2.54 bits per heavy atom. The number of H-pyrrole nitrogens is 2. The van der Waals surface area contributed by atoms with Crippen LogP contribution >= 0.6 is 0 Å². The van der Waals surface area contributed by atoms with E-state index >= 15 is 0 Å². The van der Waals surface area contributed by atoms with Gasteiger partial charge in [-0.3, -0.25) is 4.79 Å². The van der Waals surface area contributed by atoms with Gasteiger partial charge >= 0.3 is 0 Å². The molecule has 0 spiro atoms. The first-order valence-corrected chi connectivity index (χ1v) is 16.4. The summed E-state index contributed by atoms with van der Waals surface area (Å²) < 4.78 is 5.85. The molecule has 3 aromatic heterocycles. The first kappa shape index (κ1) is 32.4. The second kappa shape index (κ2) is 13.8. The summed E-state index contributed by atoms with van der Waals surface area (Å²) in [5, 5.41) is 19.0. The number of piperidine rings is 1. The van der Waals surface area contributed by atoms with Gasteiger partial charge < -0.3 is 40.2 Å². The lowest BCUT2D eigenvalue weighted by Gasteiger charge is -2.37. The van der Waals surface area contributed by atoms with Crippen LogP contribution < -0.4 is 20.3 Å². The normalized spacial score (nSPS) is 13.5. The fourth-order valence-electron chi connectivity index (χ4n) is 6.46. The molecule has 1 fully saturated rings. The van der Waals surface area contributed by atoms with E-state index in [1.165, 1.54) is 6.08 Å². The van der Waals surface area contributed by atoms with Crippen LogP contribution in [0.2, 0.25) is 0 Å². The van der Waals surface area contributed by atoms with E-state index in [2.05, 4.69) is 80.3 Å². The molecule has 1 saturated heterocycles. The summed E-state index contributed by atoms with van der Waals surface area (Å²) in [4.78, 5) is 37.9. The highest BCUT2D eigenvalue weighted by Crippen LogP contribution is 2.40. The van der Waals surface area contributed by atoms with Crippen LogP contribution in [0.1, 0.15) is 12.8 Å². The van der Waals surface area contributed by atoms with Crippen molar-refractivity contribution in [3.8, 4) is 45.7 Å². The third-order valence-corrected chi connectivity index (χ3v) is 9.14. The zero-order chi connectivity index (χ0) is 34.8. The average molecular weight is 670 g/mol. The van der Waals surface area contributed by atoms with Crippen LogP contribution in [-0.4, -0.2) is 81.2 Å². The van der Waals surface area contributed by atoms with Crippen molar-refractivity contribution in [2.75, 3.05) is 49.8 Å². The molecule has 50 heavy (non-hydrogen) atoms. The maximum absolute atomic E-state index is 12.6. The SMILES string of the molecule is C=CC(=O)Nc1cc(Nc2nccc(-c3[nH]c(-c4[nH]ccc4O)nc3-c3ccc4ccccc4c3)n2)c(OC)cc1N1CCC(N(C)C)CC1. The van der Waals surface area contributed by atoms with Gasteiger partial charge in [-0.2, -0.15) is 0 Å². The van der Waals surface area contributed by atoms with Crippen LogP contribution in [0, 0.1) is 0 Å². The van der Waals surface area contributed by atoms with E-state index in [9.17, 15) is 9.90 Å². The number of aromatic nitrogens is 5. The van der Waals surface area contributed by atoms with Crippen molar-refractivity contribution in [3.63, 3.8) is 0 Å². The van der Waals surface area contributed by atoms with Crippen molar-refractivity contribution in [3.05, 3.63) is 91.8 Å². The van der Waals surface area contributed by atoms with Gasteiger partial charge in [0.2, 0.25) is 11.9 Å². The Morgan fingerprint density at radius 2 is 1.82 bits per heavy atom. The van der Waals surface area contributed by atoms with E-state index in [1.807, 2.05) is 30.3 Å². The van der Waals surface area contributed by atoms with Gasteiger partial charge in [-0.15, -0.1) is 0 Å². The fraction of sp³-hybridized carbons (Fsp3) is 0.211. The van der Waals surface area contributed by atoms with E-state index in [0.717, 1.165) is 48.0 Å². The van der Waals surface area contributed by atoms with Crippen LogP contribution in [0.4, 0.5) is 23.0 Å². The number of amides is 1. The minimum Gasteiger partial charge on any atom is -0.506 e. The molecule has 1 amide bonds. The van der Waals surface area contributed by atoms with E-state index in [1.54, 1.807) is 31.6 Å². The smallest absolute Gasteiger partial charge is 0.247 e. The van der Waals surface area contributed by atoms with E-state index in [0.29, 0.717) is 57.7 Å². The number of rotatable bonds is 10. The Morgan fingerprint density at radius 1 is 1.02 bits per heavy atom. The molecule has 1 aliphatic heterocycles. The van der Waals surface area contributed by atoms with Gasteiger partial charge in [0.1, 0.15) is 17.2 Å². The molecule has 0 radical (unpaired) electrons. The Balaban J connectivity index is 1.26. The molecular formula is C38H39N9O3. The van der Waals surface area contributed by atoms with Gasteiger partial charge in [-0.05, 0) is 68.1 Å². The minimum atomic E-state index is -0.312. The number of imidazole rings is 1. The summed E-state index contributed by atoms with van der Waals surface area (Å²) in [6.45, 7) is 5.32. The zero-order valence-electron chi connectivity index (χ0n) is 28.2. The Kier molecular flexibility index (Phi) is 8.92. The average Bonchev–Trinajstić information content (AvgIpc) is 3.78. The molecule has 0 saturated carbocycles. The van der Waals surface area contributed by atoms with Crippen molar-refractivity contribution >= 4 is 39.7 Å². The lowest BCUT2D eigenvalue weighted by molar-refractivity contribution is -0.111. The number of aromatic amines is 2. The summed E-state index contributed by atoms with van der Waals surface area (Å²) in [6.07, 6.45) is 6.59. The molecule has 254 valence electrons. The minimum absolute atomic E-state index is 0.0809. The molecule has 5 N–H and O–H groups in total. The quantitative estimate of drug-likeness (QED) is 0.0995. The van der Waals surface area contributed by atoms with Gasteiger partial charge in [-0.25, -0.2) is 15.0 Å². The molecule has 0 bridgehead atoms. The number of aromatic hydroxyl groups is 1. The highest BCUT2D eigenvalue weighted by molar-refractivity contribution is 6.02. The number of fused-ring (bicyclic) bond motifs is 1. The summed E-state index contributed by atoms with van der Waals surface area (Å²) in [5.74, 6) is 1.12.